The van der Waals surface area contributed by atoms with Gasteiger partial charge in [0.25, 0.3) is 5.91 Å². The number of benzene rings is 1. The highest BCUT2D eigenvalue weighted by Gasteiger charge is 2.35. The lowest BCUT2D eigenvalue weighted by Crippen LogP contribution is -2.45. The Morgan fingerprint density at radius 3 is 2.54 bits per heavy atom. The van der Waals surface area contributed by atoms with Crippen molar-refractivity contribution in [3.05, 3.63) is 34.9 Å². The third-order valence-corrected chi connectivity index (χ3v) is 6.22. The maximum Gasteiger partial charge on any atom is 0.338 e. The van der Waals surface area contributed by atoms with Crippen LogP contribution in [0.1, 0.15) is 41.8 Å². The van der Waals surface area contributed by atoms with E-state index in [1.807, 2.05) is 39.8 Å². The number of esters is 1. The molecule has 1 saturated heterocycles. The predicted molar refractivity (Wildman–Crippen MR) is 99.8 cm³/mol. The molecule has 1 aliphatic rings. The number of hydrogen-bond donors (Lipinski definition) is 0. The molecule has 1 fully saturated rings. The molecule has 1 heterocycles. The lowest BCUT2D eigenvalue weighted by atomic mass is 10.1. The lowest BCUT2D eigenvalue weighted by Gasteiger charge is -2.29. The molecule has 0 radical (unpaired) electrons. The monoisotopic (exact) mass is 381 g/mol. The zero-order valence-electron chi connectivity index (χ0n) is 15.8. The van der Waals surface area contributed by atoms with Crippen LogP contribution < -0.4 is 0 Å². The zero-order valence-corrected chi connectivity index (χ0v) is 16.6. The molecule has 0 saturated carbocycles. The summed E-state index contributed by atoms with van der Waals surface area (Å²) < 4.78 is 28.7. The van der Waals surface area contributed by atoms with Gasteiger partial charge in [0, 0.05) is 12.6 Å². The Kier molecular flexibility index (Phi) is 6.44. The highest BCUT2D eigenvalue weighted by molar-refractivity contribution is 7.91. The molecular weight excluding hydrogens is 354 g/mol. The van der Waals surface area contributed by atoms with Crippen molar-refractivity contribution in [3.8, 4) is 0 Å². The van der Waals surface area contributed by atoms with E-state index in [1.54, 1.807) is 11.0 Å². The summed E-state index contributed by atoms with van der Waals surface area (Å²) in [5, 5.41) is 0. The number of sulfone groups is 1. The second-order valence-electron chi connectivity index (χ2n) is 7.39. The van der Waals surface area contributed by atoms with Crippen LogP contribution in [0, 0.1) is 19.8 Å². The molecule has 1 aromatic carbocycles. The normalized spacial score (nSPS) is 18.7. The molecule has 0 aliphatic carbocycles. The molecule has 1 aliphatic heterocycles. The summed E-state index contributed by atoms with van der Waals surface area (Å²) in [5.74, 6) is -0.613. The van der Waals surface area contributed by atoms with Gasteiger partial charge in [-0.15, -0.1) is 0 Å². The van der Waals surface area contributed by atoms with Crippen LogP contribution in [0.3, 0.4) is 0 Å². The van der Waals surface area contributed by atoms with Crippen molar-refractivity contribution in [1.29, 1.82) is 0 Å². The maximum absolute atomic E-state index is 12.6. The van der Waals surface area contributed by atoms with Crippen molar-refractivity contribution < 1.29 is 22.7 Å². The number of carbonyl (C=O) groups is 2. The minimum atomic E-state index is -3.10. The van der Waals surface area contributed by atoms with Crippen LogP contribution in [0.2, 0.25) is 0 Å². The minimum absolute atomic E-state index is 0.0175. The third kappa shape index (κ3) is 5.30. The summed E-state index contributed by atoms with van der Waals surface area (Å²) in [5.41, 5.74) is 2.16. The molecule has 144 valence electrons. The molecule has 1 atom stereocenters. The Morgan fingerprint density at radius 2 is 1.96 bits per heavy atom. The van der Waals surface area contributed by atoms with Crippen LogP contribution in [0.5, 0.6) is 0 Å². The fraction of sp³-hybridized carbons (Fsp3) is 0.579. The average Bonchev–Trinajstić information content (AvgIpc) is 2.91. The third-order valence-electron chi connectivity index (χ3n) is 4.47. The molecule has 1 aromatic rings. The Bertz CT molecular complexity index is 785. The van der Waals surface area contributed by atoms with Crippen molar-refractivity contribution in [2.45, 2.75) is 40.2 Å². The number of rotatable bonds is 6. The topological polar surface area (TPSA) is 80.8 Å². The number of nitrogens with zero attached hydrogens (tertiary/aromatic N) is 1. The van der Waals surface area contributed by atoms with E-state index < -0.39 is 15.8 Å². The van der Waals surface area contributed by atoms with Gasteiger partial charge in [-0.25, -0.2) is 13.2 Å². The molecule has 2 rings (SSSR count). The van der Waals surface area contributed by atoms with Crippen LogP contribution in [0.4, 0.5) is 0 Å². The summed E-state index contributed by atoms with van der Waals surface area (Å²) in [6.07, 6.45) is 0.436. The molecule has 0 spiro atoms. The predicted octanol–water partition coefficient (Wildman–Crippen LogP) is 2.13. The summed E-state index contributed by atoms with van der Waals surface area (Å²) in [4.78, 5) is 26.5. The van der Waals surface area contributed by atoms with E-state index in [0.29, 0.717) is 18.5 Å². The maximum atomic E-state index is 12.6. The number of carbonyl (C=O) groups excluding carboxylic acids is 2. The molecule has 26 heavy (non-hydrogen) atoms. The van der Waals surface area contributed by atoms with E-state index in [9.17, 15) is 18.0 Å². The minimum Gasteiger partial charge on any atom is -0.452 e. The summed E-state index contributed by atoms with van der Waals surface area (Å²) in [7, 11) is -3.10. The van der Waals surface area contributed by atoms with Gasteiger partial charge in [0.2, 0.25) is 0 Å². The largest absolute Gasteiger partial charge is 0.452 e. The smallest absolute Gasteiger partial charge is 0.338 e. The van der Waals surface area contributed by atoms with Gasteiger partial charge in [-0.1, -0.05) is 31.5 Å². The number of hydrogen-bond acceptors (Lipinski definition) is 5. The molecule has 0 bridgehead atoms. The number of ether oxygens (including phenoxy) is 1. The van der Waals surface area contributed by atoms with E-state index in [-0.39, 0.29) is 36.0 Å². The fourth-order valence-corrected chi connectivity index (χ4v) is 4.84. The van der Waals surface area contributed by atoms with E-state index in [2.05, 4.69) is 0 Å². The summed E-state index contributed by atoms with van der Waals surface area (Å²) >= 11 is 0. The fourth-order valence-electron chi connectivity index (χ4n) is 3.11. The van der Waals surface area contributed by atoms with Crippen molar-refractivity contribution in [3.63, 3.8) is 0 Å². The zero-order chi connectivity index (χ0) is 19.5. The second-order valence-corrected chi connectivity index (χ2v) is 9.62. The Morgan fingerprint density at radius 1 is 1.27 bits per heavy atom. The van der Waals surface area contributed by atoms with Gasteiger partial charge in [-0.05, 0) is 37.8 Å². The molecule has 6 nitrogen and oxygen atoms in total. The summed E-state index contributed by atoms with van der Waals surface area (Å²) in [6, 6.07) is 5.14. The first kappa shape index (κ1) is 20.4. The first-order valence-corrected chi connectivity index (χ1v) is 10.7. The van der Waals surface area contributed by atoms with Crippen molar-refractivity contribution in [1.82, 2.24) is 4.90 Å². The van der Waals surface area contributed by atoms with E-state index in [4.69, 9.17) is 4.74 Å². The molecule has 7 heteroatoms. The Hall–Kier alpha value is -1.89. The van der Waals surface area contributed by atoms with Crippen LogP contribution in [-0.2, 0) is 19.4 Å². The van der Waals surface area contributed by atoms with E-state index in [1.165, 1.54) is 0 Å². The van der Waals surface area contributed by atoms with Gasteiger partial charge in [0.05, 0.1) is 17.1 Å². The molecular formula is C19H27NO5S. The van der Waals surface area contributed by atoms with Crippen molar-refractivity contribution in [2.24, 2.45) is 5.92 Å². The number of amides is 1. The van der Waals surface area contributed by atoms with Gasteiger partial charge >= 0.3 is 5.97 Å². The van der Waals surface area contributed by atoms with E-state index in [0.717, 1.165) is 11.1 Å². The summed E-state index contributed by atoms with van der Waals surface area (Å²) in [6.45, 7) is 7.69. The SMILES string of the molecule is Cc1ccc(C)c(C(=O)OCC(=O)N(CC(C)C)[C@H]2CCS(=O)(=O)C2)c1. The van der Waals surface area contributed by atoms with Gasteiger partial charge < -0.3 is 9.64 Å². The van der Waals surface area contributed by atoms with Gasteiger partial charge in [-0.3, -0.25) is 4.79 Å². The average molecular weight is 381 g/mol. The molecule has 1 amide bonds. The van der Waals surface area contributed by atoms with Gasteiger partial charge in [0.1, 0.15) is 0 Å². The van der Waals surface area contributed by atoms with Crippen molar-refractivity contribution in [2.75, 3.05) is 24.7 Å². The molecule has 0 aromatic heterocycles. The van der Waals surface area contributed by atoms with Crippen molar-refractivity contribution >= 4 is 21.7 Å². The Balaban J connectivity index is 2.05. The molecule has 0 unspecified atom stereocenters. The van der Waals surface area contributed by atoms with Crippen LogP contribution in [-0.4, -0.2) is 55.9 Å². The van der Waals surface area contributed by atoms with Crippen LogP contribution in [0.25, 0.3) is 0 Å². The quantitative estimate of drug-likeness (QED) is 0.705. The Labute approximate surface area is 155 Å². The lowest BCUT2D eigenvalue weighted by molar-refractivity contribution is -0.137. The van der Waals surface area contributed by atoms with Gasteiger partial charge in [0.15, 0.2) is 16.4 Å². The highest BCUT2D eigenvalue weighted by Crippen LogP contribution is 2.20. The standard InChI is InChI=1S/C19H27NO5S/c1-13(2)10-20(16-7-8-26(23,24)12-16)18(21)11-25-19(22)17-9-14(3)5-6-15(17)4/h5-6,9,13,16H,7-8,10-12H2,1-4H3/t16-/m0/s1. The van der Waals surface area contributed by atoms with Crippen LogP contribution in [0.15, 0.2) is 18.2 Å². The second kappa shape index (κ2) is 8.20. The molecule has 0 N–H and O–H groups in total. The van der Waals surface area contributed by atoms with E-state index >= 15 is 0 Å². The highest BCUT2D eigenvalue weighted by atomic mass is 32.2. The first-order valence-electron chi connectivity index (χ1n) is 8.83. The van der Waals surface area contributed by atoms with Gasteiger partial charge in [-0.2, -0.15) is 0 Å². The number of aryl methyl sites for hydroxylation is 2. The van der Waals surface area contributed by atoms with Crippen LogP contribution >= 0.6 is 0 Å². The first-order chi connectivity index (χ1) is 12.1.